The van der Waals surface area contributed by atoms with Gasteiger partial charge in [0.1, 0.15) is 11.4 Å². The Kier molecular flexibility index (Phi) is 4.12. The van der Waals surface area contributed by atoms with Gasteiger partial charge in [0, 0.05) is 35.7 Å². The number of carbonyl (C=O) groups is 2. The summed E-state index contributed by atoms with van der Waals surface area (Å²) in [5.74, 6) is -1.37. The number of ether oxygens (including phenoxy) is 2. The highest BCUT2D eigenvalue weighted by Crippen LogP contribution is 2.81. The van der Waals surface area contributed by atoms with Gasteiger partial charge in [-0.2, -0.15) is 0 Å². The van der Waals surface area contributed by atoms with Crippen LogP contribution in [-0.2, 0) is 19.1 Å². The zero-order chi connectivity index (χ0) is 24.6. The molecule has 0 amide bonds. The predicted molar refractivity (Wildman–Crippen MR) is 121 cm³/mol. The fourth-order valence-corrected chi connectivity index (χ4v) is 9.64. The SMILES string of the molecule is COC1CC(=O)C(C)(C)C2=C(O)C(=O)[C@]3(C)[C@H]([C@H](O)C[C@@]4(C)[C@H](c5ccoc5)C[C@H]5O[C@]543)[C@]21C. The Labute approximate surface area is 199 Å². The second-order valence-corrected chi connectivity index (χ2v) is 12.4. The molecule has 1 unspecified atom stereocenters. The Morgan fingerprint density at radius 2 is 1.85 bits per heavy atom. The van der Waals surface area contributed by atoms with Gasteiger partial charge in [-0.15, -0.1) is 0 Å². The van der Waals surface area contributed by atoms with Crippen molar-refractivity contribution in [2.75, 3.05) is 7.11 Å². The molecule has 5 aliphatic rings. The van der Waals surface area contributed by atoms with Crippen LogP contribution in [0.3, 0.4) is 0 Å². The molecule has 1 aliphatic heterocycles. The number of Topliss-reactive ketones (excluding diaryl/α,β-unsaturated/α-hetero) is 2. The number of epoxide rings is 1. The van der Waals surface area contributed by atoms with Crippen molar-refractivity contribution in [3.8, 4) is 0 Å². The van der Waals surface area contributed by atoms with Crippen LogP contribution in [-0.4, -0.2) is 52.8 Å². The first kappa shape index (κ1) is 22.5. The third-order valence-electron chi connectivity index (χ3n) is 10.9. The molecule has 2 heterocycles. The lowest BCUT2D eigenvalue weighted by Gasteiger charge is -2.66. The van der Waals surface area contributed by atoms with E-state index in [0.29, 0.717) is 12.0 Å². The monoisotopic (exact) mass is 470 g/mol. The quantitative estimate of drug-likeness (QED) is 0.634. The van der Waals surface area contributed by atoms with Crippen LogP contribution >= 0.6 is 0 Å². The van der Waals surface area contributed by atoms with Crippen LogP contribution in [0.1, 0.15) is 65.4 Å². The van der Waals surface area contributed by atoms with E-state index in [2.05, 4.69) is 6.92 Å². The van der Waals surface area contributed by atoms with Crippen molar-refractivity contribution in [2.45, 2.75) is 83.7 Å². The molecule has 9 atom stereocenters. The number of aliphatic hydroxyl groups excluding tert-OH is 2. The number of hydrogen-bond acceptors (Lipinski definition) is 7. The largest absolute Gasteiger partial charge is 0.504 e. The molecule has 34 heavy (non-hydrogen) atoms. The van der Waals surface area contributed by atoms with Crippen molar-refractivity contribution in [3.05, 3.63) is 35.5 Å². The van der Waals surface area contributed by atoms with Crippen molar-refractivity contribution < 1.29 is 33.7 Å². The second-order valence-electron chi connectivity index (χ2n) is 12.4. The van der Waals surface area contributed by atoms with Crippen molar-refractivity contribution >= 4 is 11.6 Å². The summed E-state index contributed by atoms with van der Waals surface area (Å²) in [6.07, 6.45) is 3.15. The molecule has 4 aliphatic carbocycles. The van der Waals surface area contributed by atoms with E-state index >= 15 is 0 Å². The van der Waals surface area contributed by atoms with Gasteiger partial charge in [-0.1, -0.05) is 13.8 Å². The van der Waals surface area contributed by atoms with Gasteiger partial charge in [-0.3, -0.25) is 9.59 Å². The molecule has 184 valence electrons. The third-order valence-corrected chi connectivity index (χ3v) is 10.9. The van der Waals surface area contributed by atoms with E-state index in [0.717, 1.165) is 12.0 Å². The lowest BCUT2D eigenvalue weighted by Crippen LogP contribution is -2.73. The van der Waals surface area contributed by atoms with E-state index in [1.165, 1.54) is 0 Å². The number of hydrogen-bond donors (Lipinski definition) is 2. The number of furan rings is 1. The third kappa shape index (κ3) is 2.05. The molecule has 4 fully saturated rings. The van der Waals surface area contributed by atoms with E-state index in [1.807, 2.05) is 19.9 Å². The summed E-state index contributed by atoms with van der Waals surface area (Å²) in [5.41, 5.74) is -3.05. The van der Waals surface area contributed by atoms with E-state index in [9.17, 15) is 19.8 Å². The van der Waals surface area contributed by atoms with Crippen LogP contribution < -0.4 is 0 Å². The Hall–Kier alpha value is -1.96. The molecule has 7 nitrogen and oxygen atoms in total. The fourth-order valence-electron chi connectivity index (χ4n) is 9.64. The fraction of sp³-hybridized carbons (Fsp3) is 0.704. The zero-order valence-corrected chi connectivity index (χ0v) is 20.7. The molecule has 1 aromatic rings. The maximum absolute atomic E-state index is 14.3. The van der Waals surface area contributed by atoms with E-state index in [4.69, 9.17) is 13.9 Å². The van der Waals surface area contributed by atoms with Crippen molar-refractivity contribution in [2.24, 2.45) is 27.6 Å². The minimum Gasteiger partial charge on any atom is -0.504 e. The van der Waals surface area contributed by atoms with Crippen LogP contribution in [0.5, 0.6) is 0 Å². The van der Waals surface area contributed by atoms with Crippen LogP contribution in [0.2, 0.25) is 0 Å². The molecule has 0 bridgehead atoms. The molecule has 1 saturated heterocycles. The zero-order valence-electron chi connectivity index (χ0n) is 20.7. The molecule has 1 spiro atoms. The van der Waals surface area contributed by atoms with Crippen LogP contribution in [0.4, 0.5) is 0 Å². The predicted octanol–water partition coefficient (Wildman–Crippen LogP) is 3.71. The van der Waals surface area contributed by atoms with Gasteiger partial charge in [-0.25, -0.2) is 0 Å². The minimum absolute atomic E-state index is 0.0631. The van der Waals surface area contributed by atoms with E-state index in [1.54, 1.807) is 33.5 Å². The highest BCUT2D eigenvalue weighted by Gasteiger charge is 2.89. The Morgan fingerprint density at radius 3 is 2.47 bits per heavy atom. The van der Waals surface area contributed by atoms with Gasteiger partial charge < -0.3 is 24.1 Å². The number of aliphatic hydroxyl groups is 2. The molecule has 7 heteroatoms. The number of allylic oxidation sites excluding steroid dienone is 1. The van der Waals surface area contributed by atoms with Gasteiger partial charge >= 0.3 is 0 Å². The second kappa shape index (κ2) is 6.23. The highest BCUT2D eigenvalue weighted by molar-refractivity contribution is 6.04. The summed E-state index contributed by atoms with van der Waals surface area (Å²) in [7, 11) is 1.56. The average molecular weight is 471 g/mol. The molecule has 0 aromatic carbocycles. The minimum atomic E-state index is -1.18. The normalized spacial score (nSPS) is 51.0. The molecular formula is C27H34O7. The molecule has 1 aromatic heterocycles. The topological polar surface area (TPSA) is 110 Å². The summed E-state index contributed by atoms with van der Waals surface area (Å²) in [4.78, 5) is 27.4. The molecule has 3 saturated carbocycles. The summed E-state index contributed by atoms with van der Waals surface area (Å²) >= 11 is 0. The van der Waals surface area contributed by atoms with Crippen LogP contribution in [0.15, 0.2) is 34.3 Å². The van der Waals surface area contributed by atoms with Gasteiger partial charge in [-0.05, 0) is 56.7 Å². The van der Waals surface area contributed by atoms with E-state index in [-0.39, 0.29) is 30.0 Å². The summed E-state index contributed by atoms with van der Waals surface area (Å²) in [6, 6.07) is 1.95. The number of methoxy groups -OCH3 is 1. The van der Waals surface area contributed by atoms with E-state index < -0.39 is 51.2 Å². The van der Waals surface area contributed by atoms with Crippen molar-refractivity contribution in [3.63, 3.8) is 0 Å². The Morgan fingerprint density at radius 1 is 1.15 bits per heavy atom. The molecule has 6 rings (SSSR count). The first-order chi connectivity index (χ1) is 15.8. The van der Waals surface area contributed by atoms with Crippen molar-refractivity contribution in [1.29, 1.82) is 0 Å². The summed E-state index contributed by atoms with van der Waals surface area (Å²) < 4.78 is 17.7. The lowest BCUT2D eigenvalue weighted by molar-refractivity contribution is -0.211. The Balaban J connectivity index is 1.61. The van der Waals surface area contributed by atoms with Crippen LogP contribution in [0.25, 0.3) is 0 Å². The lowest BCUT2D eigenvalue weighted by atomic mass is 9.37. The summed E-state index contributed by atoms with van der Waals surface area (Å²) in [5, 5.41) is 23.5. The number of carbonyl (C=O) groups excluding carboxylic acids is 2. The van der Waals surface area contributed by atoms with Gasteiger partial charge in [0.15, 0.2) is 5.76 Å². The highest BCUT2D eigenvalue weighted by atomic mass is 16.6. The van der Waals surface area contributed by atoms with Gasteiger partial charge in [0.2, 0.25) is 5.78 Å². The maximum Gasteiger partial charge on any atom is 0.206 e. The van der Waals surface area contributed by atoms with Gasteiger partial charge in [0.25, 0.3) is 0 Å². The Bertz CT molecular complexity index is 1130. The average Bonchev–Trinajstić information content (AvgIpc) is 3.13. The molecule has 2 N–H and O–H groups in total. The smallest absolute Gasteiger partial charge is 0.206 e. The number of fused-ring (bicyclic) bond motifs is 3. The first-order valence-electron chi connectivity index (χ1n) is 12.3. The maximum atomic E-state index is 14.3. The van der Waals surface area contributed by atoms with Crippen LogP contribution in [0, 0.1) is 27.6 Å². The number of ketones is 2. The number of rotatable bonds is 2. The first-order valence-corrected chi connectivity index (χ1v) is 12.3. The summed E-state index contributed by atoms with van der Waals surface area (Å²) in [6.45, 7) is 9.46. The van der Waals surface area contributed by atoms with Gasteiger partial charge in [0.05, 0.1) is 36.3 Å². The molecular weight excluding hydrogens is 436 g/mol. The van der Waals surface area contributed by atoms with Crippen molar-refractivity contribution in [1.82, 2.24) is 0 Å². The molecule has 0 radical (unpaired) electrons. The standard InChI is InChI=1S/C27H34O7/c1-23(2)16(29)10-17(32-6)25(4)20-15(28)11-24(3)14(13-7-8-33-12-13)9-18-27(24,34-18)26(20,5)22(31)19(30)21(23)25/h7-8,12,14-15,17-18,20,28,30H,9-11H2,1-6H3/t14-,15+,17?,18+,20+,24-,25+,26-,27+/m0/s1.